The zero-order valence-corrected chi connectivity index (χ0v) is 17.9. The van der Waals surface area contributed by atoms with Gasteiger partial charge in [-0.1, -0.05) is 48.0 Å². The van der Waals surface area contributed by atoms with Crippen molar-refractivity contribution in [2.24, 2.45) is 0 Å². The van der Waals surface area contributed by atoms with E-state index in [1.54, 1.807) is 24.3 Å². The first-order valence-corrected chi connectivity index (χ1v) is 10.2. The summed E-state index contributed by atoms with van der Waals surface area (Å²) in [6.45, 7) is 5.23. The Balaban J connectivity index is 1.55. The maximum absolute atomic E-state index is 13.0. The number of Topliss-reactive ketones (excluding diaryl/α,β-unsaturated/α-hetero) is 1. The fraction of sp³-hybridized carbons (Fsp3) is 0.154. The highest BCUT2D eigenvalue weighted by atomic mass is 16.5. The van der Waals surface area contributed by atoms with Crippen LogP contribution < -0.4 is 4.90 Å². The van der Waals surface area contributed by atoms with Crippen LogP contribution in [0.3, 0.4) is 0 Å². The van der Waals surface area contributed by atoms with Gasteiger partial charge >= 0.3 is 5.97 Å². The number of amides is 2. The topological polar surface area (TPSA) is 80.8 Å². The normalized spacial score (nSPS) is 13.7. The molecule has 0 spiro atoms. The summed E-state index contributed by atoms with van der Waals surface area (Å²) in [7, 11) is 0. The Morgan fingerprint density at radius 3 is 2.12 bits per heavy atom. The van der Waals surface area contributed by atoms with Crippen LogP contribution in [0.2, 0.25) is 0 Å². The number of para-hydroxylation sites is 1. The molecule has 4 rings (SSSR count). The van der Waals surface area contributed by atoms with E-state index in [2.05, 4.69) is 0 Å². The van der Waals surface area contributed by atoms with Crippen LogP contribution >= 0.6 is 0 Å². The number of anilines is 1. The summed E-state index contributed by atoms with van der Waals surface area (Å²) in [5, 5.41) is 0. The molecule has 1 aliphatic heterocycles. The lowest BCUT2D eigenvalue weighted by Crippen LogP contribution is -2.29. The molecule has 0 radical (unpaired) electrons. The summed E-state index contributed by atoms with van der Waals surface area (Å²) in [5.74, 6) is -2.01. The third-order valence-electron chi connectivity index (χ3n) is 5.47. The van der Waals surface area contributed by atoms with Crippen LogP contribution in [0.15, 0.2) is 66.7 Å². The number of imide groups is 1. The Labute approximate surface area is 185 Å². The molecule has 1 unspecified atom stereocenters. The van der Waals surface area contributed by atoms with Gasteiger partial charge < -0.3 is 4.74 Å². The monoisotopic (exact) mass is 427 g/mol. The van der Waals surface area contributed by atoms with Gasteiger partial charge in [-0.05, 0) is 50.6 Å². The van der Waals surface area contributed by atoms with E-state index in [4.69, 9.17) is 4.74 Å². The average Bonchev–Trinajstić information content (AvgIpc) is 3.03. The van der Waals surface area contributed by atoms with Crippen LogP contribution in [0.4, 0.5) is 5.69 Å². The Bertz CT molecular complexity index is 1260. The lowest BCUT2D eigenvalue weighted by molar-refractivity contribution is 0.0318. The van der Waals surface area contributed by atoms with Gasteiger partial charge in [0.05, 0.1) is 22.4 Å². The zero-order valence-electron chi connectivity index (χ0n) is 17.9. The van der Waals surface area contributed by atoms with Crippen molar-refractivity contribution in [2.45, 2.75) is 26.9 Å². The summed E-state index contributed by atoms with van der Waals surface area (Å²) in [4.78, 5) is 52.1. The summed E-state index contributed by atoms with van der Waals surface area (Å²) >= 11 is 0. The summed E-state index contributed by atoms with van der Waals surface area (Å²) in [6.07, 6.45) is -1.00. The average molecular weight is 427 g/mol. The molecule has 6 heteroatoms. The van der Waals surface area contributed by atoms with Crippen molar-refractivity contribution < 1.29 is 23.9 Å². The van der Waals surface area contributed by atoms with E-state index >= 15 is 0 Å². The van der Waals surface area contributed by atoms with Gasteiger partial charge in [-0.3, -0.25) is 14.4 Å². The Morgan fingerprint density at radius 1 is 0.812 bits per heavy atom. The van der Waals surface area contributed by atoms with Gasteiger partial charge in [-0.25, -0.2) is 9.69 Å². The van der Waals surface area contributed by atoms with Gasteiger partial charge in [0.25, 0.3) is 11.8 Å². The zero-order chi connectivity index (χ0) is 23.0. The first kappa shape index (κ1) is 21.2. The molecule has 0 saturated heterocycles. The van der Waals surface area contributed by atoms with E-state index < -0.39 is 23.9 Å². The van der Waals surface area contributed by atoms with Crippen LogP contribution in [-0.2, 0) is 4.74 Å². The van der Waals surface area contributed by atoms with Crippen molar-refractivity contribution in [3.8, 4) is 0 Å². The number of rotatable bonds is 5. The molecule has 3 aromatic carbocycles. The number of hydrogen-bond acceptors (Lipinski definition) is 5. The third-order valence-corrected chi connectivity index (χ3v) is 5.47. The number of benzene rings is 3. The van der Waals surface area contributed by atoms with Gasteiger partial charge in [0.2, 0.25) is 5.78 Å². The Kier molecular flexibility index (Phi) is 5.45. The number of hydrogen-bond donors (Lipinski definition) is 0. The second-order valence-corrected chi connectivity index (χ2v) is 7.77. The quantitative estimate of drug-likeness (QED) is 0.339. The highest BCUT2D eigenvalue weighted by Crippen LogP contribution is 2.31. The molecule has 0 aliphatic carbocycles. The molecule has 6 nitrogen and oxygen atoms in total. The van der Waals surface area contributed by atoms with Gasteiger partial charge in [0.1, 0.15) is 0 Å². The molecule has 1 aliphatic rings. The number of carbonyl (C=O) groups is 4. The third kappa shape index (κ3) is 3.71. The largest absolute Gasteiger partial charge is 0.451 e. The second-order valence-electron chi connectivity index (χ2n) is 7.77. The molecule has 2 amide bonds. The van der Waals surface area contributed by atoms with Gasteiger partial charge in [0.15, 0.2) is 6.10 Å². The first-order chi connectivity index (χ1) is 15.3. The van der Waals surface area contributed by atoms with Gasteiger partial charge in [0, 0.05) is 5.56 Å². The maximum atomic E-state index is 13.0. The number of aryl methyl sites for hydroxylation is 2. The molecule has 0 saturated carbocycles. The fourth-order valence-corrected chi connectivity index (χ4v) is 3.64. The van der Waals surface area contributed by atoms with Crippen molar-refractivity contribution in [3.05, 3.63) is 100 Å². The number of fused-ring (bicyclic) bond motifs is 1. The van der Waals surface area contributed by atoms with E-state index in [9.17, 15) is 19.2 Å². The highest BCUT2D eigenvalue weighted by molar-refractivity contribution is 6.35. The van der Waals surface area contributed by atoms with Crippen molar-refractivity contribution in [3.63, 3.8) is 0 Å². The minimum Gasteiger partial charge on any atom is -0.451 e. The van der Waals surface area contributed by atoms with Crippen molar-refractivity contribution in [1.82, 2.24) is 0 Å². The van der Waals surface area contributed by atoms with E-state index in [1.165, 1.54) is 25.1 Å². The van der Waals surface area contributed by atoms with Gasteiger partial charge in [-0.2, -0.15) is 0 Å². The summed E-state index contributed by atoms with van der Waals surface area (Å²) in [5.41, 5.74) is 3.19. The Morgan fingerprint density at radius 2 is 1.44 bits per heavy atom. The number of ketones is 1. The molecule has 0 N–H and O–H groups in total. The molecule has 160 valence electrons. The molecular formula is C26H21NO5. The molecule has 1 heterocycles. The standard InChI is InChI=1S/C26H21NO5/c1-15-8-10-18(11-9-15)23(28)17(3)32-26(31)19-12-13-20-21(14-19)25(30)27(24(20)29)22-7-5-4-6-16(22)2/h4-14,17H,1-3H3. The van der Waals surface area contributed by atoms with Gasteiger partial charge in [-0.15, -0.1) is 0 Å². The van der Waals surface area contributed by atoms with Crippen LogP contribution in [0.25, 0.3) is 0 Å². The molecule has 0 bridgehead atoms. The predicted molar refractivity (Wildman–Crippen MR) is 119 cm³/mol. The van der Waals surface area contributed by atoms with Crippen LogP contribution in [0.5, 0.6) is 0 Å². The molecule has 0 fully saturated rings. The van der Waals surface area contributed by atoms with Crippen LogP contribution in [0.1, 0.15) is 59.5 Å². The summed E-state index contributed by atoms with van der Waals surface area (Å²) < 4.78 is 5.34. The van der Waals surface area contributed by atoms with Crippen molar-refractivity contribution >= 4 is 29.3 Å². The van der Waals surface area contributed by atoms with E-state index in [0.717, 1.165) is 16.0 Å². The number of carbonyl (C=O) groups excluding carboxylic acids is 4. The lowest BCUT2D eigenvalue weighted by atomic mass is 10.0. The molecule has 1 atom stereocenters. The van der Waals surface area contributed by atoms with Crippen molar-refractivity contribution in [2.75, 3.05) is 4.90 Å². The van der Waals surface area contributed by atoms with Crippen LogP contribution in [-0.4, -0.2) is 29.7 Å². The molecule has 0 aromatic heterocycles. The lowest BCUT2D eigenvalue weighted by Gasteiger charge is -2.16. The predicted octanol–water partition coefficient (Wildman–Crippen LogP) is 4.53. The maximum Gasteiger partial charge on any atom is 0.338 e. The minimum absolute atomic E-state index is 0.0973. The first-order valence-electron chi connectivity index (χ1n) is 10.2. The van der Waals surface area contributed by atoms with E-state index in [0.29, 0.717) is 11.3 Å². The number of esters is 1. The summed E-state index contributed by atoms with van der Waals surface area (Å²) in [6, 6.07) is 18.3. The minimum atomic E-state index is -1.00. The van der Waals surface area contributed by atoms with E-state index in [1.807, 2.05) is 38.1 Å². The molecule has 32 heavy (non-hydrogen) atoms. The molecule has 3 aromatic rings. The number of nitrogens with zero attached hydrogens (tertiary/aromatic N) is 1. The Hall–Kier alpha value is -4.06. The smallest absolute Gasteiger partial charge is 0.338 e. The van der Waals surface area contributed by atoms with Crippen LogP contribution in [0, 0.1) is 13.8 Å². The SMILES string of the molecule is Cc1ccc(C(=O)C(C)OC(=O)c2ccc3c(c2)C(=O)N(c2ccccc2C)C3=O)cc1. The van der Waals surface area contributed by atoms with Crippen molar-refractivity contribution in [1.29, 1.82) is 0 Å². The van der Waals surface area contributed by atoms with E-state index in [-0.39, 0.29) is 22.5 Å². The highest BCUT2D eigenvalue weighted by Gasteiger charge is 2.38. The molecular weight excluding hydrogens is 406 g/mol. The second kappa shape index (κ2) is 8.23. The fourth-order valence-electron chi connectivity index (χ4n) is 3.64. The number of ether oxygens (including phenoxy) is 1.